The number of amides is 1. The van der Waals surface area contributed by atoms with Crippen LogP contribution in [0.2, 0.25) is 0 Å². The summed E-state index contributed by atoms with van der Waals surface area (Å²) in [6, 6.07) is 0.234. The molecule has 140 valence electrons. The number of ether oxygens (including phenoxy) is 1. The van der Waals surface area contributed by atoms with Crippen molar-refractivity contribution in [2.45, 2.75) is 58.1 Å². The van der Waals surface area contributed by atoms with E-state index in [-0.39, 0.29) is 12.1 Å². The standard InChI is InChI=1S/C19H32N4O2/c1-6-11-21-17(20-5)22-12-9-16(10-13-22)23(14-15-7-8-15)18(24)25-19(2,3)4/h1,15-16H,7-14H2,2-5H3,(H,20,21). The predicted molar refractivity (Wildman–Crippen MR) is 100 cm³/mol. The first kappa shape index (κ1) is 19.4. The van der Waals surface area contributed by atoms with Crippen LogP contribution in [0.3, 0.4) is 0 Å². The lowest BCUT2D eigenvalue weighted by atomic mass is 10.0. The van der Waals surface area contributed by atoms with E-state index in [4.69, 9.17) is 11.2 Å². The second-order valence-corrected chi connectivity index (χ2v) is 7.90. The van der Waals surface area contributed by atoms with Crippen molar-refractivity contribution in [3.8, 4) is 12.3 Å². The number of hydrogen-bond donors (Lipinski definition) is 1. The van der Waals surface area contributed by atoms with Gasteiger partial charge >= 0.3 is 6.09 Å². The lowest BCUT2D eigenvalue weighted by molar-refractivity contribution is 0.00929. The summed E-state index contributed by atoms with van der Waals surface area (Å²) in [5.41, 5.74) is -0.458. The van der Waals surface area contributed by atoms with Gasteiger partial charge in [-0.25, -0.2) is 4.79 Å². The van der Waals surface area contributed by atoms with E-state index < -0.39 is 5.60 Å². The van der Waals surface area contributed by atoms with Crippen LogP contribution in [0.4, 0.5) is 4.79 Å². The average molecular weight is 348 g/mol. The van der Waals surface area contributed by atoms with Crippen molar-refractivity contribution in [1.29, 1.82) is 0 Å². The summed E-state index contributed by atoms with van der Waals surface area (Å²) in [5.74, 6) is 4.06. The molecule has 2 fully saturated rings. The number of hydrogen-bond acceptors (Lipinski definition) is 3. The molecule has 1 N–H and O–H groups in total. The minimum absolute atomic E-state index is 0.173. The van der Waals surface area contributed by atoms with E-state index in [1.54, 1.807) is 7.05 Å². The fraction of sp³-hybridized carbons (Fsp3) is 0.789. The first-order valence-electron chi connectivity index (χ1n) is 9.22. The summed E-state index contributed by atoms with van der Waals surface area (Å²) in [7, 11) is 1.77. The number of aliphatic imine (C=N–C) groups is 1. The maximum atomic E-state index is 12.7. The molecule has 0 aromatic rings. The van der Waals surface area contributed by atoms with Crippen LogP contribution in [-0.4, -0.2) is 66.7 Å². The molecule has 0 atom stereocenters. The zero-order valence-electron chi connectivity index (χ0n) is 16.0. The van der Waals surface area contributed by atoms with Crippen molar-refractivity contribution >= 4 is 12.1 Å². The Balaban J connectivity index is 1.94. The molecule has 0 unspecified atom stereocenters. The monoisotopic (exact) mass is 348 g/mol. The zero-order valence-corrected chi connectivity index (χ0v) is 16.0. The van der Waals surface area contributed by atoms with Gasteiger partial charge in [0.15, 0.2) is 5.96 Å². The molecule has 1 saturated carbocycles. The molecule has 0 aromatic carbocycles. The maximum Gasteiger partial charge on any atom is 0.410 e. The van der Waals surface area contributed by atoms with E-state index >= 15 is 0 Å². The average Bonchev–Trinajstić information content (AvgIpc) is 3.36. The van der Waals surface area contributed by atoms with Crippen molar-refractivity contribution < 1.29 is 9.53 Å². The fourth-order valence-electron chi connectivity index (χ4n) is 3.12. The van der Waals surface area contributed by atoms with Crippen molar-refractivity contribution in [3.63, 3.8) is 0 Å². The largest absolute Gasteiger partial charge is 0.444 e. The number of piperidine rings is 1. The van der Waals surface area contributed by atoms with Crippen LogP contribution < -0.4 is 5.32 Å². The molecule has 1 aliphatic carbocycles. The predicted octanol–water partition coefficient (Wildman–Crippen LogP) is 2.31. The highest BCUT2D eigenvalue weighted by Crippen LogP contribution is 2.32. The van der Waals surface area contributed by atoms with Gasteiger partial charge in [0.25, 0.3) is 0 Å². The minimum atomic E-state index is -0.458. The molecule has 0 spiro atoms. The van der Waals surface area contributed by atoms with Gasteiger partial charge in [0.2, 0.25) is 0 Å². The number of likely N-dealkylation sites (tertiary alicyclic amines) is 1. The van der Waals surface area contributed by atoms with Crippen LogP contribution in [-0.2, 0) is 4.74 Å². The smallest absolute Gasteiger partial charge is 0.410 e. The molecule has 0 bridgehead atoms. The Morgan fingerprint density at radius 2 is 1.96 bits per heavy atom. The molecule has 2 aliphatic rings. The van der Waals surface area contributed by atoms with Crippen LogP contribution in [0, 0.1) is 18.3 Å². The van der Waals surface area contributed by atoms with Gasteiger partial charge in [0.05, 0.1) is 6.54 Å². The van der Waals surface area contributed by atoms with Crippen molar-refractivity contribution in [2.75, 3.05) is 33.2 Å². The van der Waals surface area contributed by atoms with Crippen molar-refractivity contribution in [1.82, 2.24) is 15.1 Å². The SMILES string of the molecule is C#CCNC(=NC)N1CCC(N(CC2CC2)C(=O)OC(C)(C)C)CC1. The second kappa shape index (κ2) is 8.46. The molecule has 1 aliphatic heterocycles. The van der Waals surface area contributed by atoms with Gasteiger partial charge in [0.1, 0.15) is 5.60 Å². The van der Waals surface area contributed by atoms with Gasteiger partial charge in [-0.1, -0.05) is 5.92 Å². The van der Waals surface area contributed by atoms with E-state index in [9.17, 15) is 4.79 Å². The van der Waals surface area contributed by atoms with E-state index in [0.29, 0.717) is 12.5 Å². The summed E-state index contributed by atoms with van der Waals surface area (Å²) in [6.07, 6.45) is 9.43. The third-order valence-corrected chi connectivity index (χ3v) is 4.54. The van der Waals surface area contributed by atoms with Crippen molar-refractivity contribution in [3.05, 3.63) is 0 Å². The van der Waals surface area contributed by atoms with Crippen LogP contribution in [0.25, 0.3) is 0 Å². The highest BCUT2D eigenvalue weighted by atomic mass is 16.6. The Labute approximate surface area is 152 Å². The van der Waals surface area contributed by atoms with Crippen LogP contribution in [0.15, 0.2) is 4.99 Å². The summed E-state index contributed by atoms with van der Waals surface area (Å²) >= 11 is 0. The maximum absolute atomic E-state index is 12.7. The Morgan fingerprint density at radius 3 is 2.44 bits per heavy atom. The molecule has 25 heavy (non-hydrogen) atoms. The topological polar surface area (TPSA) is 57.2 Å². The van der Waals surface area contributed by atoms with Crippen molar-refractivity contribution in [2.24, 2.45) is 10.9 Å². The van der Waals surface area contributed by atoms with E-state index in [1.165, 1.54) is 12.8 Å². The first-order chi connectivity index (χ1) is 11.8. The number of carbonyl (C=O) groups is 1. The molecule has 0 radical (unpaired) electrons. The molecular weight excluding hydrogens is 316 g/mol. The molecule has 6 nitrogen and oxygen atoms in total. The number of carbonyl (C=O) groups excluding carboxylic acids is 1. The zero-order chi connectivity index (χ0) is 18.4. The van der Waals surface area contributed by atoms with Gasteiger partial charge in [-0.15, -0.1) is 6.42 Å². The van der Waals surface area contributed by atoms with E-state index in [2.05, 4.69) is 21.1 Å². The molecule has 6 heteroatoms. The third kappa shape index (κ3) is 6.15. The summed E-state index contributed by atoms with van der Waals surface area (Å²) in [5, 5.41) is 3.16. The lowest BCUT2D eigenvalue weighted by Gasteiger charge is -2.40. The Kier molecular flexibility index (Phi) is 6.57. The van der Waals surface area contributed by atoms with E-state index in [0.717, 1.165) is 38.4 Å². The highest BCUT2D eigenvalue weighted by Gasteiger charge is 2.35. The van der Waals surface area contributed by atoms with Gasteiger partial charge < -0.3 is 19.9 Å². The molecule has 1 amide bonds. The Morgan fingerprint density at radius 1 is 1.32 bits per heavy atom. The van der Waals surface area contributed by atoms with Gasteiger partial charge in [-0.05, 0) is 52.4 Å². The quantitative estimate of drug-likeness (QED) is 0.481. The van der Waals surface area contributed by atoms with Gasteiger partial charge in [-0.3, -0.25) is 4.99 Å². The molecule has 0 aromatic heterocycles. The third-order valence-electron chi connectivity index (χ3n) is 4.54. The van der Waals surface area contributed by atoms with Crippen LogP contribution >= 0.6 is 0 Å². The number of guanidine groups is 1. The summed E-state index contributed by atoms with van der Waals surface area (Å²) in [4.78, 5) is 21.1. The van der Waals surface area contributed by atoms with E-state index in [1.807, 2.05) is 25.7 Å². The lowest BCUT2D eigenvalue weighted by Crippen LogP contribution is -2.52. The Bertz CT molecular complexity index is 521. The Hall–Kier alpha value is -1.90. The number of rotatable bonds is 4. The first-order valence-corrected chi connectivity index (χ1v) is 9.22. The fourth-order valence-corrected chi connectivity index (χ4v) is 3.12. The number of nitrogens with zero attached hydrogens (tertiary/aromatic N) is 3. The highest BCUT2D eigenvalue weighted by molar-refractivity contribution is 5.80. The number of terminal acetylenes is 1. The molecule has 2 rings (SSSR count). The van der Waals surface area contributed by atoms with Gasteiger partial charge in [0, 0.05) is 32.7 Å². The molecular formula is C19H32N4O2. The van der Waals surface area contributed by atoms with Crippen LogP contribution in [0.1, 0.15) is 46.5 Å². The summed E-state index contributed by atoms with van der Waals surface area (Å²) < 4.78 is 5.65. The molecule has 1 saturated heterocycles. The van der Waals surface area contributed by atoms with Crippen LogP contribution in [0.5, 0.6) is 0 Å². The normalized spacial score (nSPS) is 19.3. The minimum Gasteiger partial charge on any atom is -0.444 e. The number of nitrogens with one attached hydrogen (secondary N) is 1. The molecule has 1 heterocycles. The second-order valence-electron chi connectivity index (χ2n) is 7.90. The summed E-state index contributed by atoms with van der Waals surface area (Å²) in [6.45, 7) is 8.78. The van der Waals surface area contributed by atoms with Gasteiger partial charge in [-0.2, -0.15) is 0 Å².